The molecular formula is C14H12FN3O2S. The van der Waals surface area contributed by atoms with E-state index in [1.54, 1.807) is 25.1 Å². The predicted molar refractivity (Wildman–Crippen MR) is 78.0 cm³/mol. The number of para-hydroxylation sites is 1. The van der Waals surface area contributed by atoms with Gasteiger partial charge in [-0.2, -0.15) is 5.10 Å². The molecule has 2 aromatic carbocycles. The molecular weight excluding hydrogens is 293 g/mol. The molecule has 3 aromatic rings. The Hall–Kier alpha value is -2.41. The molecule has 0 bridgehead atoms. The molecule has 1 heterocycles. The first-order chi connectivity index (χ1) is 9.97. The van der Waals surface area contributed by atoms with Gasteiger partial charge in [-0.1, -0.05) is 18.2 Å². The zero-order valence-electron chi connectivity index (χ0n) is 11.1. The number of sulfonamides is 1. The lowest BCUT2D eigenvalue weighted by atomic mass is 10.2. The normalized spacial score (nSPS) is 11.7. The van der Waals surface area contributed by atoms with E-state index in [0.717, 1.165) is 6.07 Å². The molecule has 0 aliphatic heterocycles. The van der Waals surface area contributed by atoms with Gasteiger partial charge in [0.25, 0.3) is 10.0 Å². The Labute approximate surface area is 120 Å². The highest BCUT2D eigenvalue weighted by Crippen LogP contribution is 2.24. The topological polar surface area (TPSA) is 74.8 Å². The van der Waals surface area contributed by atoms with Crippen molar-refractivity contribution in [2.45, 2.75) is 11.8 Å². The molecule has 0 saturated carbocycles. The molecule has 0 spiro atoms. The number of halogens is 1. The van der Waals surface area contributed by atoms with Gasteiger partial charge in [-0.05, 0) is 36.8 Å². The molecule has 0 aliphatic carbocycles. The highest BCUT2D eigenvalue weighted by molar-refractivity contribution is 7.92. The van der Waals surface area contributed by atoms with E-state index < -0.39 is 15.8 Å². The fourth-order valence-electron chi connectivity index (χ4n) is 2.09. The molecule has 0 saturated heterocycles. The molecule has 0 atom stereocenters. The van der Waals surface area contributed by atoms with Crippen LogP contribution < -0.4 is 4.72 Å². The second-order valence-corrected chi connectivity index (χ2v) is 6.28. The van der Waals surface area contributed by atoms with Crippen molar-refractivity contribution in [3.05, 3.63) is 53.8 Å². The third kappa shape index (κ3) is 2.47. The summed E-state index contributed by atoms with van der Waals surface area (Å²) in [7, 11) is -3.90. The highest BCUT2D eigenvalue weighted by Gasteiger charge is 2.20. The summed E-state index contributed by atoms with van der Waals surface area (Å²) >= 11 is 0. The van der Waals surface area contributed by atoms with E-state index in [1.807, 2.05) is 6.07 Å². The van der Waals surface area contributed by atoms with E-state index in [2.05, 4.69) is 14.9 Å². The molecule has 0 unspecified atom stereocenters. The van der Waals surface area contributed by atoms with Crippen LogP contribution in [0.3, 0.4) is 0 Å². The standard InChI is InChI=1S/C14H12FN3O2S/c1-9-6-7-10(15)8-13(9)21(19,20)18-14-11-4-2-3-5-12(11)16-17-14/h2-8H,1H3,(H2,16,17,18). The molecule has 2 N–H and O–H groups in total. The summed E-state index contributed by atoms with van der Waals surface area (Å²) in [5.74, 6) is -0.415. The number of hydrogen-bond acceptors (Lipinski definition) is 3. The molecule has 5 nitrogen and oxygen atoms in total. The van der Waals surface area contributed by atoms with Gasteiger partial charge in [0.15, 0.2) is 5.82 Å². The molecule has 7 heteroatoms. The van der Waals surface area contributed by atoms with Gasteiger partial charge in [0.1, 0.15) is 5.82 Å². The number of benzene rings is 2. The lowest BCUT2D eigenvalue weighted by Gasteiger charge is -2.08. The molecule has 0 amide bonds. The predicted octanol–water partition coefficient (Wildman–Crippen LogP) is 2.81. The maximum atomic E-state index is 13.3. The molecule has 108 valence electrons. The quantitative estimate of drug-likeness (QED) is 0.781. The van der Waals surface area contributed by atoms with Gasteiger partial charge < -0.3 is 0 Å². The minimum atomic E-state index is -3.90. The Morgan fingerprint density at radius 2 is 1.95 bits per heavy atom. The van der Waals surface area contributed by atoms with E-state index in [-0.39, 0.29) is 10.7 Å². The summed E-state index contributed by atoms with van der Waals surface area (Å²) in [6.07, 6.45) is 0. The van der Waals surface area contributed by atoms with Gasteiger partial charge in [-0.3, -0.25) is 9.82 Å². The number of aromatic nitrogens is 2. The number of aryl methyl sites for hydroxylation is 1. The molecule has 3 rings (SSSR count). The van der Waals surface area contributed by atoms with Gasteiger partial charge in [0.2, 0.25) is 0 Å². The maximum absolute atomic E-state index is 13.3. The smallest absolute Gasteiger partial charge is 0.263 e. The van der Waals surface area contributed by atoms with Crippen LogP contribution in [0.15, 0.2) is 47.4 Å². The van der Waals surface area contributed by atoms with Gasteiger partial charge >= 0.3 is 0 Å². The SMILES string of the molecule is Cc1ccc(F)cc1S(=O)(=O)Nc1n[nH]c2ccccc12. The Kier molecular flexibility index (Phi) is 3.13. The van der Waals surface area contributed by atoms with Gasteiger partial charge in [-0.25, -0.2) is 12.8 Å². The van der Waals surface area contributed by atoms with Gasteiger partial charge in [0, 0.05) is 5.39 Å². The Morgan fingerprint density at radius 3 is 2.76 bits per heavy atom. The Morgan fingerprint density at radius 1 is 1.19 bits per heavy atom. The monoisotopic (exact) mass is 305 g/mol. The van der Waals surface area contributed by atoms with Crippen LogP contribution in [0.25, 0.3) is 10.9 Å². The molecule has 1 aromatic heterocycles. The summed E-state index contributed by atoms with van der Waals surface area (Å²) < 4.78 is 40.5. The van der Waals surface area contributed by atoms with E-state index >= 15 is 0 Å². The fourth-order valence-corrected chi connectivity index (χ4v) is 3.37. The number of H-pyrrole nitrogens is 1. The zero-order valence-corrected chi connectivity index (χ0v) is 11.9. The Bertz CT molecular complexity index is 919. The molecule has 0 aliphatic rings. The van der Waals surface area contributed by atoms with Crippen molar-refractivity contribution in [3.63, 3.8) is 0 Å². The number of aromatic amines is 1. The number of fused-ring (bicyclic) bond motifs is 1. The number of anilines is 1. The van der Waals surface area contributed by atoms with Crippen molar-refractivity contribution in [2.24, 2.45) is 0 Å². The van der Waals surface area contributed by atoms with Crippen molar-refractivity contribution < 1.29 is 12.8 Å². The van der Waals surface area contributed by atoms with Crippen LogP contribution in [-0.4, -0.2) is 18.6 Å². The average molecular weight is 305 g/mol. The van der Waals surface area contributed by atoms with Gasteiger partial charge in [0.05, 0.1) is 10.4 Å². The lowest BCUT2D eigenvalue weighted by molar-refractivity contribution is 0.594. The number of hydrogen-bond donors (Lipinski definition) is 2. The van der Waals surface area contributed by atoms with Gasteiger partial charge in [-0.15, -0.1) is 0 Å². The average Bonchev–Trinajstić information content (AvgIpc) is 2.84. The second kappa shape index (κ2) is 4.85. The summed E-state index contributed by atoms with van der Waals surface area (Å²) in [5, 5.41) is 7.33. The van der Waals surface area contributed by atoms with Crippen LogP contribution >= 0.6 is 0 Å². The number of rotatable bonds is 3. The third-order valence-electron chi connectivity index (χ3n) is 3.14. The summed E-state index contributed by atoms with van der Waals surface area (Å²) in [5.41, 5.74) is 1.18. The van der Waals surface area contributed by atoms with Crippen LogP contribution in [-0.2, 0) is 10.0 Å². The van der Waals surface area contributed by atoms with E-state index in [9.17, 15) is 12.8 Å². The van der Waals surface area contributed by atoms with Crippen molar-refractivity contribution in [1.82, 2.24) is 10.2 Å². The van der Waals surface area contributed by atoms with Crippen molar-refractivity contribution in [3.8, 4) is 0 Å². The van der Waals surface area contributed by atoms with E-state index in [4.69, 9.17) is 0 Å². The van der Waals surface area contributed by atoms with Crippen LogP contribution in [0.4, 0.5) is 10.2 Å². The first kappa shape index (κ1) is 13.6. The zero-order chi connectivity index (χ0) is 15.0. The summed E-state index contributed by atoms with van der Waals surface area (Å²) in [6.45, 7) is 1.61. The van der Waals surface area contributed by atoms with E-state index in [0.29, 0.717) is 16.5 Å². The largest absolute Gasteiger partial charge is 0.276 e. The molecule has 21 heavy (non-hydrogen) atoms. The van der Waals surface area contributed by atoms with Crippen LogP contribution in [0.1, 0.15) is 5.56 Å². The number of nitrogens with one attached hydrogen (secondary N) is 2. The van der Waals surface area contributed by atoms with Crippen LogP contribution in [0.5, 0.6) is 0 Å². The van der Waals surface area contributed by atoms with Crippen LogP contribution in [0, 0.1) is 12.7 Å². The molecule has 0 fully saturated rings. The lowest BCUT2D eigenvalue weighted by Crippen LogP contribution is -2.15. The second-order valence-electron chi connectivity index (χ2n) is 4.63. The number of nitrogens with zero attached hydrogens (tertiary/aromatic N) is 1. The minimum absolute atomic E-state index is 0.102. The van der Waals surface area contributed by atoms with Crippen molar-refractivity contribution in [2.75, 3.05) is 4.72 Å². The van der Waals surface area contributed by atoms with E-state index in [1.165, 1.54) is 12.1 Å². The first-order valence-electron chi connectivity index (χ1n) is 6.19. The highest BCUT2D eigenvalue weighted by atomic mass is 32.2. The van der Waals surface area contributed by atoms with Crippen molar-refractivity contribution >= 4 is 26.7 Å². The first-order valence-corrected chi connectivity index (χ1v) is 7.68. The minimum Gasteiger partial charge on any atom is -0.276 e. The third-order valence-corrected chi connectivity index (χ3v) is 4.62. The Balaban J connectivity index is 2.05. The maximum Gasteiger partial charge on any atom is 0.263 e. The fraction of sp³-hybridized carbons (Fsp3) is 0.0714. The van der Waals surface area contributed by atoms with Crippen LogP contribution in [0.2, 0.25) is 0 Å². The summed E-state index contributed by atoms with van der Waals surface area (Å²) in [6, 6.07) is 10.8. The molecule has 0 radical (unpaired) electrons. The van der Waals surface area contributed by atoms with Crippen molar-refractivity contribution in [1.29, 1.82) is 0 Å². The summed E-state index contributed by atoms with van der Waals surface area (Å²) in [4.78, 5) is -0.102.